The van der Waals surface area contributed by atoms with E-state index in [1.165, 1.54) is 25.4 Å². The highest BCUT2D eigenvalue weighted by Crippen LogP contribution is 2.13. The number of hydrogen-bond donors (Lipinski definition) is 2. The van der Waals surface area contributed by atoms with Gasteiger partial charge < -0.3 is 15.2 Å². The van der Waals surface area contributed by atoms with Crippen molar-refractivity contribution < 1.29 is 23.4 Å². The lowest BCUT2D eigenvalue weighted by molar-refractivity contribution is -0.00271. The van der Waals surface area contributed by atoms with Crippen LogP contribution in [0.3, 0.4) is 0 Å². The van der Waals surface area contributed by atoms with E-state index in [1.807, 2.05) is 0 Å². The van der Waals surface area contributed by atoms with E-state index < -0.39 is 25.0 Å². The van der Waals surface area contributed by atoms with Gasteiger partial charge in [-0.2, -0.15) is 0 Å². The first-order chi connectivity index (χ1) is 8.06. The molecule has 1 aromatic heterocycles. The molecule has 0 bridgehead atoms. The van der Waals surface area contributed by atoms with Gasteiger partial charge in [0.2, 0.25) is 5.88 Å². The summed E-state index contributed by atoms with van der Waals surface area (Å²) in [5, 5.41) is 11.0. The van der Waals surface area contributed by atoms with Crippen LogP contribution in [0.15, 0.2) is 18.3 Å². The minimum atomic E-state index is -2.90. The van der Waals surface area contributed by atoms with Crippen LogP contribution < -0.4 is 10.1 Å². The molecule has 1 atom stereocenters. The van der Waals surface area contributed by atoms with Gasteiger partial charge in [-0.15, -0.1) is 0 Å². The molecule has 2 N–H and O–H groups in total. The molecule has 1 unspecified atom stereocenters. The van der Waals surface area contributed by atoms with Gasteiger partial charge in [0.15, 0.2) is 0 Å². The van der Waals surface area contributed by atoms with Crippen molar-refractivity contribution in [1.29, 1.82) is 0 Å². The minimum Gasteiger partial charge on any atom is -0.480 e. The molecule has 0 saturated heterocycles. The number of rotatable bonds is 5. The van der Waals surface area contributed by atoms with Crippen molar-refractivity contribution in [3.05, 3.63) is 23.9 Å². The molecule has 1 amide bonds. The molecule has 0 aliphatic carbocycles. The average Bonchev–Trinajstić information content (AvgIpc) is 2.35. The van der Waals surface area contributed by atoms with Gasteiger partial charge in [-0.25, -0.2) is 13.8 Å². The fourth-order valence-corrected chi connectivity index (χ4v) is 1.11. The van der Waals surface area contributed by atoms with Crippen LogP contribution in [-0.4, -0.2) is 42.2 Å². The highest BCUT2D eigenvalue weighted by atomic mass is 19.3. The summed E-state index contributed by atoms with van der Waals surface area (Å²) in [5.74, 6) is -0.536. The fraction of sp³-hybridized carbons (Fsp3) is 0.400. The minimum absolute atomic E-state index is 0.0940. The molecule has 17 heavy (non-hydrogen) atoms. The summed E-state index contributed by atoms with van der Waals surface area (Å²) in [6.45, 7) is -0.533. The van der Waals surface area contributed by atoms with Crippen molar-refractivity contribution in [3.63, 3.8) is 0 Å². The van der Waals surface area contributed by atoms with Crippen LogP contribution in [-0.2, 0) is 0 Å². The van der Waals surface area contributed by atoms with E-state index in [2.05, 4.69) is 10.3 Å². The number of ether oxygens (including phenoxy) is 1. The highest BCUT2D eigenvalue weighted by molar-refractivity contribution is 5.96. The van der Waals surface area contributed by atoms with Gasteiger partial charge in [0.25, 0.3) is 12.3 Å². The third kappa shape index (κ3) is 3.63. The summed E-state index contributed by atoms with van der Waals surface area (Å²) in [7, 11) is 1.34. The average molecular weight is 246 g/mol. The number of aliphatic hydroxyl groups is 1. The van der Waals surface area contributed by atoms with Crippen molar-refractivity contribution in [1.82, 2.24) is 10.3 Å². The van der Waals surface area contributed by atoms with Crippen LogP contribution in [0.4, 0.5) is 8.78 Å². The molecule has 1 heterocycles. The zero-order valence-electron chi connectivity index (χ0n) is 9.06. The molecule has 7 heteroatoms. The van der Waals surface area contributed by atoms with Crippen LogP contribution in [0.25, 0.3) is 0 Å². The highest BCUT2D eigenvalue weighted by Gasteiger charge is 2.19. The number of nitrogens with one attached hydrogen (secondary N) is 1. The smallest absolute Gasteiger partial charge is 0.265 e. The van der Waals surface area contributed by atoms with Crippen molar-refractivity contribution >= 4 is 5.91 Å². The molecular formula is C10H12F2N2O3. The van der Waals surface area contributed by atoms with Crippen LogP contribution in [0.1, 0.15) is 10.4 Å². The predicted octanol–water partition coefficient (Wildman–Crippen LogP) is 0.446. The molecule has 0 spiro atoms. The molecule has 0 fully saturated rings. The van der Waals surface area contributed by atoms with E-state index in [-0.39, 0.29) is 11.4 Å². The Morgan fingerprint density at radius 2 is 2.35 bits per heavy atom. The monoisotopic (exact) mass is 246 g/mol. The maximum atomic E-state index is 12.0. The number of carbonyl (C=O) groups excluding carboxylic acids is 1. The zero-order chi connectivity index (χ0) is 12.8. The first-order valence-corrected chi connectivity index (χ1v) is 4.79. The van der Waals surface area contributed by atoms with Gasteiger partial charge in [0.1, 0.15) is 11.7 Å². The Kier molecular flexibility index (Phi) is 4.77. The molecule has 1 rings (SSSR count). The SMILES string of the molecule is COc1ncccc1C(=O)NCC(O)C(F)F. The van der Waals surface area contributed by atoms with Gasteiger partial charge in [-0.05, 0) is 12.1 Å². The molecule has 5 nitrogen and oxygen atoms in total. The number of pyridine rings is 1. The van der Waals surface area contributed by atoms with Crippen molar-refractivity contribution in [2.75, 3.05) is 13.7 Å². The lowest BCUT2D eigenvalue weighted by atomic mass is 10.2. The second-order valence-corrected chi connectivity index (χ2v) is 3.17. The van der Waals surface area contributed by atoms with Crippen LogP contribution in [0.5, 0.6) is 5.88 Å². The lowest BCUT2D eigenvalue weighted by Gasteiger charge is -2.11. The number of methoxy groups -OCH3 is 1. The standard InChI is InChI=1S/C10H12F2N2O3/c1-17-10-6(3-2-4-13-10)9(16)14-5-7(15)8(11)12/h2-4,7-8,15H,5H2,1H3,(H,14,16). The summed E-state index contributed by atoms with van der Waals surface area (Å²) in [6, 6.07) is 2.96. The van der Waals surface area contributed by atoms with Crippen LogP contribution >= 0.6 is 0 Å². The molecular weight excluding hydrogens is 234 g/mol. The van der Waals surface area contributed by atoms with E-state index in [0.29, 0.717) is 0 Å². The lowest BCUT2D eigenvalue weighted by Crippen LogP contribution is -2.36. The zero-order valence-corrected chi connectivity index (χ0v) is 9.06. The number of halogens is 2. The van der Waals surface area contributed by atoms with Gasteiger partial charge in [-0.3, -0.25) is 4.79 Å². The predicted molar refractivity (Wildman–Crippen MR) is 55.1 cm³/mol. The number of aromatic nitrogens is 1. The number of carbonyl (C=O) groups is 1. The Morgan fingerprint density at radius 3 is 2.94 bits per heavy atom. The normalized spacial score (nSPS) is 12.3. The van der Waals surface area contributed by atoms with Gasteiger partial charge in [0, 0.05) is 12.7 Å². The van der Waals surface area contributed by atoms with E-state index in [4.69, 9.17) is 9.84 Å². The molecule has 0 aliphatic heterocycles. The third-order valence-electron chi connectivity index (χ3n) is 1.97. The fourth-order valence-electron chi connectivity index (χ4n) is 1.11. The maximum absolute atomic E-state index is 12.0. The van der Waals surface area contributed by atoms with Crippen LogP contribution in [0, 0.1) is 0 Å². The number of amides is 1. The van der Waals surface area contributed by atoms with E-state index in [0.717, 1.165) is 0 Å². The molecule has 0 aliphatic rings. The molecule has 0 aromatic carbocycles. The molecule has 0 radical (unpaired) electrons. The first-order valence-electron chi connectivity index (χ1n) is 4.79. The van der Waals surface area contributed by atoms with E-state index >= 15 is 0 Å². The number of alkyl halides is 2. The topological polar surface area (TPSA) is 71.5 Å². The van der Waals surface area contributed by atoms with Crippen LogP contribution in [0.2, 0.25) is 0 Å². The van der Waals surface area contributed by atoms with Crippen molar-refractivity contribution in [2.24, 2.45) is 0 Å². The summed E-state index contributed by atoms with van der Waals surface area (Å²) in [6.07, 6.45) is -3.35. The Balaban J connectivity index is 2.64. The van der Waals surface area contributed by atoms with Gasteiger partial charge in [-0.1, -0.05) is 0 Å². The molecule has 0 saturated carbocycles. The first kappa shape index (κ1) is 13.3. The maximum Gasteiger partial charge on any atom is 0.265 e. The summed E-state index contributed by atoms with van der Waals surface area (Å²) >= 11 is 0. The van der Waals surface area contributed by atoms with Crippen molar-refractivity contribution in [2.45, 2.75) is 12.5 Å². The largest absolute Gasteiger partial charge is 0.480 e. The Labute approximate surface area is 96.4 Å². The molecule has 94 valence electrons. The summed E-state index contributed by atoms with van der Waals surface area (Å²) < 4.78 is 28.8. The molecule has 1 aromatic rings. The second kappa shape index (κ2) is 6.09. The van der Waals surface area contributed by atoms with E-state index in [1.54, 1.807) is 0 Å². The van der Waals surface area contributed by atoms with Gasteiger partial charge >= 0.3 is 0 Å². The Bertz CT molecular complexity index is 388. The Morgan fingerprint density at radius 1 is 1.65 bits per heavy atom. The summed E-state index contributed by atoms with van der Waals surface area (Å²) in [5.41, 5.74) is 0.122. The van der Waals surface area contributed by atoms with Gasteiger partial charge in [0.05, 0.1) is 7.11 Å². The number of aliphatic hydroxyl groups excluding tert-OH is 1. The summed E-state index contributed by atoms with van der Waals surface area (Å²) in [4.78, 5) is 15.4. The quantitative estimate of drug-likeness (QED) is 0.791. The van der Waals surface area contributed by atoms with Crippen molar-refractivity contribution in [3.8, 4) is 5.88 Å². The van der Waals surface area contributed by atoms with E-state index in [9.17, 15) is 13.6 Å². The Hall–Kier alpha value is -1.76. The third-order valence-corrected chi connectivity index (χ3v) is 1.97. The number of nitrogens with zero attached hydrogens (tertiary/aromatic N) is 1. The second-order valence-electron chi connectivity index (χ2n) is 3.17. The number of hydrogen-bond acceptors (Lipinski definition) is 4.